The number of fused-ring (bicyclic) bond motifs is 1. The molecule has 3 rings (SSSR count). The number of aromatic nitrogens is 2. The van der Waals surface area contributed by atoms with Crippen molar-refractivity contribution < 1.29 is 14.6 Å². The van der Waals surface area contributed by atoms with Crippen LogP contribution in [0.15, 0.2) is 29.1 Å². The van der Waals surface area contributed by atoms with Crippen molar-refractivity contribution in [1.29, 1.82) is 0 Å². The normalized spacial score (nSPS) is 14.4. The minimum atomic E-state index is -0.608. The van der Waals surface area contributed by atoms with Crippen molar-refractivity contribution in [3.63, 3.8) is 0 Å². The Balaban J connectivity index is 1.84. The van der Waals surface area contributed by atoms with Gasteiger partial charge in [-0.25, -0.2) is 14.2 Å². The smallest absolute Gasteiger partial charge is 0.410 e. The molecule has 2 aromatic rings. The van der Waals surface area contributed by atoms with Crippen molar-refractivity contribution in [2.24, 2.45) is 0 Å². The van der Waals surface area contributed by atoms with Crippen LogP contribution in [0.2, 0.25) is 5.02 Å². The number of amides is 1. The van der Waals surface area contributed by atoms with Crippen LogP contribution >= 0.6 is 11.6 Å². The van der Waals surface area contributed by atoms with Gasteiger partial charge in [0.15, 0.2) is 0 Å². The molecule has 144 valence electrons. The fraction of sp³-hybridized carbons (Fsp3) is 0.368. The molecule has 0 spiro atoms. The van der Waals surface area contributed by atoms with Crippen LogP contribution in [0.5, 0.6) is 5.88 Å². The molecule has 1 aliphatic heterocycles. The summed E-state index contributed by atoms with van der Waals surface area (Å²) >= 11 is 5.86. The zero-order valence-electron chi connectivity index (χ0n) is 15.5. The van der Waals surface area contributed by atoms with Gasteiger partial charge < -0.3 is 14.7 Å². The number of hydrogen-bond donors (Lipinski definition) is 1. The fourth-order valence-electron chi connectivity index (χ4n) is 2.81. The maximum absolute atomic E-state index is 12.6. The van der Waals surface area contributed by atoms with Crippen LogP contribution in [0.25, 0.3) is 12.3 Å². The molecule has 27 heavy (non-hydrogen) atoms. The maximum Gasteiger partial charge on any atom is 0.410 e. The highest BCUT2D eigenvalue weighted by Gasteiger charge is 2.30. The summed E-state index contributed by atoms with van der Waals surface area (Å²) in [5.41, 5.74) is 0.267. The summed E-state index contributed by atoms with van der Waals surface area (Å²) in [6.45, 7) is 6.12. The molecule has 0 bridgehead atoms. The Morgan fingerprint density at radius 3 is 2.52 bits per heavy atom. The van der Waals surface area contributed by atoms with Gasteiger partial charge >= 0.3 is 11.8 Å². The van der Waals surface area contributed by atoms with Gasteiger partial charge in [0.2, 0.25) is 5.88 Å². The molecule has 1 amide bonds. The lowest BCUT2D eigenvalue weighted by molar-refractivity contribution is 0.0196. The summed E-state index contributed by atoms with van der Waals surface area (Å²) in [6, 6.07) is 7.10. The number of rotatable bonds is 2. The number of aromatic hydroxyl groups is 1. The first-order valence-electron chi connectivity index (χ1n) is 8.60. The van der Waals surface area contributed by atoms with Crippen LogP contribution in [0.3, 0.4) is 0 Å². The molecule has 0 fully saturated rings. The third-order valence-corrected chi connectivity index (χ3v) is 4.37. The van der Waals surface area contributed by atoms with Crippen LogP contribution in [0.1, 0.15) is 32.0 Å². The SMILES string of the molecule is CC(C)(C)OC(=O)N1CCn2c(c(O)n(C=Cc3ccc(Cl)cc3)c2=O)C1. The van der Waals surface area contributed by atoms with E-state index in [4.69, 9.17) is 16.3 Å². The summed E-state index contributed by atoms with van der Waals surface area (Å²) in [6.07, 6.45) is 2.74. The molecule has 2 heterocycles. The Labute approximate surface area is 162 Å². The van der Waals surface area contributed by atoms with Crippen molar-refractivity contribution >= 4 is 30.0 Å². The summed E-state index contributed by atoms with van der Waals surface area (Å²) in [7, 11) is 0. The largest absolute Gasteiger partial charge is 0.493 e. The summed E-state index contributed by atoms with van der Waals surface area (Å²) in [4.78, 5) is 26.3. The fourth-order valence-corrected chi connectivity index (χ4v) is 2.94. The number of carbonyl (C=O) groups is 1. The molecule has 0 unspecified atom stereocenters. The second-order valence-corrected chi connectivity index (χ2v) is 7.78. The van der Waals surface area contributed by atoms with Crippen molar-refractivity contribution in [3.8, 4) is 5.88 Å². The van der Waals surface area contributed by atoms with E-state index in [9.17, 15) is 14.7 Å². The Hall–Kier alpha value is -2.67. The molecule has 0 saturated heterocycles. The molecule has 0 aliphatic carbocycles. The molecule has 0 radical (unpaired) electrons. The standard InChI is InChI=1S/C19H22ClN3O4/c1-19(2,3)27-18(26)21-10-11-22-15(12-21)16(24)23(17(22)25)9-8-13-4-6-14(20)7-5-13/h4-9,24H,10-12H2,1-3H3. The second-order valence-electron chi connectivity index (χ2n) is 7.34. The van der Waals surface area contributed by atoms with E-state index in [-0.39, 0.29) is 18.1 Å². The average Bonchev–Trinajstić information content (AvgIpc) is 2.83. The molecule has 1 aromatic carbocycles. The molecule has 0 saturated carbocycles. The van der Waals surface area contributed by atoms with Gasteiger partial charge in [-0.05, 0) is 44.5 Å². The topological polar surface area (TPSA) is 76.7 Å². The van der Waals surface area contributed by atoms with Gasteiger partial charge in [-0.1, -0.05) is 23.7 Å². The predicted molar refractivity (Wildman–Crippen MR) is 104 cm³/mol. The van der Waals surface area contributed by atoms with Crippen molar-refractivity contribution in [3.05, 3.63) is 51.0 Å². The lowest BCUT2D eigenvalue weighted by Crippen LogP contribution is -2.43. The van der Waals surface area contributed by atoms with Crippen LogP contribution in [0, 0.1) is 0 Å². The van der Waals surface area contributed by atoms with Crippen LogP contribution < -0.4 is 5.69 Å². The van der Waals surface area contributed by atoms with Crippen LogP contribution in [-0.4, -0.2) is 37.4 Å². The minimum absolute atomic E-state index is 0.109. The Morgan fingerprint density at radius 1 is 1.22 bits per heavy atom. The third kappa shape index (κ3) is 4.19. The first-order chi connectivity index (χ1) is 12.7. The first kappa shape index (κ1) is 19.1. The van der Waals surface area contributed by atoms with Crippen LogP contribution in [0.4, 0.5) is 4.79 Å². The summed E-state index contributed by atoms with van der Waals surface area (Å²) in [5, 5.41) is 11.1. The number of hydrogen-bond acceptors (Lipinski definition) is 4. The molecule has 1 aromatic heterocycles. The summed E-state index contributed by atoms with van der Waals surface area (Å²) in [5.74, 6) is -0.182. The van der Waals surface area contributed by atoms with E-state index in [2.05, 4.69) is 0 Å². The van der Waals surface area contributed by atoms with Gasteiger partial charge in [-0.2, -0.15) is 0 Å². The van der Waals surface area contributed by atoms with Crippen molar-refractivity contribution in [2.75, 3.05) is 6.54 Å². The van der Waals surface area contributed by atoms with E-state index >= 15 is 0 Å². The molecule has 0 atom stereocenters. The molecular formula is C19H22ClN3O4. The Morgan fingerprint density at radius 2 is 1.89 bits per heavy atom. The van der Waals surface area contributed by atoms with Crippen molar-refractivity contribution in [2.45, 2.75) is 39.5 Å². The number of ether oxygens (including phenoxy) is 1. The molecular weight excluding hydrogens is 370 g/mol. The zero-order chi connectivity index (χ0) is 19.8. The van der Waals surface area contributed by atoms with Gasteiger partial charge in [0.1, 0.15) is 11.3 Å². The van der Waals surface area contributed by atoms with Gasteiger partial charge in [0.25, 0.3) is 0 Å². The van der Waals surface area contributed by atoms with Crippen LogP contribution in [-0.2, 0) is 17.8 Å². The Bertz CT molecular complexity index is 936. The monoisotopic (exact) mass is 391 g/mol. The Kier molecular flexibility index (Phi) is 5.06. The van der Waals surface area contributed by atoms with E-state index in [0.29, 0.717) is 23.8 Å². The second kappa shape index (κ2) is 7.15. The number of carbonyl (C=O) groups excluding carboxylic acids is 1. The van der Waals surface area contributed by atoms with Gasteiger partial charge in [-0.15, -0.1) is 0 Å². The van der Waals surface area contributed by atoms with Gasteiger partial charge in [0, 0.05) is 24.3 Å². The number of halogens is 1. The molecule has 1 N–H and O–H groups in total. The summed E-state index contributed by atoms with van der Waals surface area (Å²) < 4.78 is 8.01. The first-order valence-corrected chi connectivity index (χ1v) is 8.98. The minimum Gasteiger partial charge on any atom is -0.493 e. The van der Waals surface area contributed by atoms with Gasteiger partial charge in [0.05, 0.1) is 6.54 Å². The molecule has 1 aliphatic rings. The number of benzene rings is 1. The van der Waals surface area contributed by atoms with E-state index in [1.807, 2.05) is 0 Å². The van der Waals surface area contributed by atoms with Gasteiger partial charge in [-0.3, -0.25) is 4.57 Å². The predicted octanol–water partition coefficient (Wildman–Crippen LogP) is 3.39. The quantitative estimate of drug-likeness (QED) is 0.851. The highest BCUT2D eigenvalue weighted by atomic mass is 35.5. The molecule has 7 nitrogen and oxygen atoms in total. The highest BCUT2D eigenvalue weighted by molar-refractivity contribution is 6.30. The van der Waals surface area contributed by atoms with E-state index in [1.165, 1.54) is 20.2 Å². The number of nitrogens with zero attached hydrogens (tertiary/aromatic N) is 3. The highest BCUT2D eigenvalue weighted by Crippen LogP contribution is 2.23. The van der Waals surface area contributed by atoms with E-state index < -0.39 is 11.7 Å². The molecule has 8 heteroatoms. The van der Waals surface area contributed by atoms with E-state index in [1.54, 1.807) is 51.1 Å². The maximum atomic E-state index is 12.6. The average molecular weight is 392 g/mol. The lowest BCUT2D eigenvalue weighted by Gasteiger charge is -2.30. The number of imidazole rings is 1. The third-order valence-electron chi connectivity index (χ3n) is 4.12. The lowest BCUT2D eigenvalue weighted by atomic mass is 10.2. The van der Waals surface area contributed by atoms with Crippen molar-refractivity contribution in [1.82, 2.24) is 14.0 Å². The van der Waals surface area contributed by atoms with E-state index in [0.717, 1.165) is 5.56 Å². The zero-order valence-corrected chi connectivity index (χ0v) is 16.2.